The van der Waals surface area contributed by atoms with Gasteiger partial charge in [-0.25, -0.2) is 0 Å². The Morgan fingerprint density at radius 3 is 0.778 bits per heavy atom. The molecule has 0 aromatic rings. The molecule has 1 atom stereocenters. The molecule has 0 heterocycles. The Morgan fingerprint density at radius 1 is 0.302 bits per heavy atom. The SMILES string of the molecule is CCCCCCCCCCCCCCCCCC(=O)OC[C@@H](COC(=O)CCCCCCCCCCCCC)OC(=O)CCCCCCCCCCCCCCCCCCC(C)C. The van der Waals surface area contributed by atoms with Crippen molar-refractivity contribution < 1.29 is 28.6 Å². The van der Waals surface area contributed by atoms with E-state index in [1.54, 1.807) is 0 Å². The summed E-state index contributed by atoms with van der Waals surface area (Å²) in [4.78, 5) is 38.0. The van der Waals surface area contributed by atoms with Crippen molar-refractivity contribution in [2.24, 2.45) is 5.92 Å². The monoisotopic (exact) mass is 891 g/mol. The van der Waals surface area contributed by atoms with Gasteiger partial charge in [-0.2, -0.15) is 0 Å². The molecule has 374 valence electrons. The molecule has 0 aliphatic heterocycles. The Labute approximate surface area is 393 Å². The van der Waals surface area contributed by atoms with Crippen molar-refractivity contribution in [3.05, 3.63) is 0 Å². The molecule has 0 saturated carbocycles. The summed E-state index contributed by atoms with van der Waals surface area (Å²) in [5.41, 5.74) is 0. The minimum absolute atomic E-state index is 0.0619. The van der Waals surface area contributed by atoms with Crippen LogP contribution in [0.1, 0.15) is 323 Å². The molecule has 0 N–H and O–H groups in total. The van der Waals surface area contributed by atoms with E-state index in [2.05, 4.69) is 27.7 Å². The van der Waals surface area contributed by atoms with Crippen molar-refractivity contribution >= 4 is 17.9 Å². The van der Waals surface area contributed by atoms with Gasteiger partial charge in [0.2, 0.25) is 0 Å². The van der Waals surface area contributed by atoms with Crippen molar-refractivity contribution in [1.29, 1.82) is 0 Å². The molecule has 0 saturated heterocycles. The first kappa shape index (κ1) is 61.4. The van der Waals surface area contributed by atoms with E-state index in [1.165, 1.54) is 218 Å². The van der Waals surface area contributed by atoms with E-state index in [0.29, 0.717) is 19.3 Å². The number of carbonyl (C=O) groups excluding carboxylic acids is 3. The van der Waals surface area contributed by atoms with E-state index in [4.69, 9.17) is 14.2 Å². The van der Waals surface area contributed by atoms with Crippen molar-refractivity contribution in [3.8, 4) is 0 Å². The summed E-state index contributed by atoms with van der Waals surface area (Å²) >= 11 is 0. The number of hydrogen-bond acceptors (Lipinski definition) is 6. The molecule has 0 aliphatic carbocycles. The summed E-state index contributed by atoms with van der Waals surface area (Å²) in [5.74, 6) is 0.0146. The van der Waals surface area contributed by atoms with Gasteiger partial charge < -0.3 is 14.2 Å². The summed E-state index contributed by atoms with van der Waals surface area (Å²) in [7, 11) is 0. The molecule has 6 nitrogen and oxygen atoms in total. The van der Waals surface area contributed by atoms with Crippen molar-refractivity contribution in [2.45, 2.75) is 329 Å². The van der Waals surface area contributed by atoms with Crippen LogP contribution in [-0.4, -0.2) is 37.2 Å². The fraction of sp³-hybridized carbons (Fsp3) is 0.947. The van der Waals surface area contributed by atoms with Crippen LogP contribution in [0.25, 0.3) is 0 Å². The fourth-order valence-corrected chi connectivity index (χ4v) is 8.75. The van der Waals surface area contributed by atoms with Crippen LogP contribution in [0.5, 0.6) is 0 Å². The molecule has 0 amide bonds. The maximum Gasteiger partial charge on any atom is 0.306 e. The smallest absolute Gasteiger partial charge is 0.306 e. The van der Waals surface area contributed by atoms with Gasteiger partial charge in [0, 0.05) is 19.3 Å². The summed E-state index contributed by atoms with van der Waals surface area (Å²) in [5, 5.41) is 0. The molecule has 63 heavy (non-hydrogen) atoms. The van der Waals surface area contributed by atoms with Crippen LogP contribution >= 0.6 is 0 Å². The van der Waals surface area contributed by atoms with Crippen LogP contribution < -0.4 is 0 Å². The predicted octanol–water partition coefficient (Wildman–Crippen LogP) is 18.6. The van der Waals surface area contributed by atoms with Crippen molar-refractivity contribution in [2.75, 3.05) is 13.2 Å². The number of ether oxygens (including phenoxy) is 3. The average Bonchev–Trinajstić information content (AvgIpc) is 3.27. The van der Waals surface area contributed by atoms with E-state index in [1.807, 2.05) is 0 Å². The van der Waals surface area contributed by atoms with E-state index < -0.39 is 6.10 Å². The van der Waals surface area contributed by atoms with Crippen LogP contribution in [0.15, 0.2) is 0 Å². The summed E-state index contributed by atoms with van der Waals surface area (Å²) < 4.78 is 16.9. The molecule has 0 aromatic heterocycles. The van der Waals surface area contributed by atoms with E-state index >= 15 is 0 Å². The normalized spacial score (nSPS) is 12.0. The van der Waals surface area contributed by atoms with Gasteiger partial charge in [0.25, 0.3) is 0 Å². The zero-order valence-electron chi connectivity index (χ0n) is 43.0. The number of rotatable bonds is 52. The number of unbranched alkanes of at least 4 members (excludes halogenated alkanes) is 39. The highest BCUT2D eigenvalue weighted by Gasteiger charge is 2.19. The second-order valence-corrected chi connectivity index (χ2v) is 20.1. The molecule has 0 aromatic carbocycles. The fourth-order valence-electron chi connectivity index (χ4n) is 8.75. The lowest BCUT2D eigenvalue weighted by Gasteiger charge is -2.18. The second-order valence-electron chi connectivity index (χ2n) is 20.1. The van der Waals surface area contributed by atoms with Crippen LogP contribution in [0.4, 0.5) is 0 Å². The van der Waals surface area contributed by atoms with Gasteiger partial charge in [0.1, 0.15) is 13.2 Å². The Morgan fingerprint density at radius 2 is 0.524 bits per heavy atom. The topological polar surface area (TPSA) is 78.9 Å². The number of esters is 3. The molecule has 0 rings (SSSR count). The number of carbonyl (C=O) groups is 3. The quantitative estimate of drug-likeness (QED) is 0.0344. The van der Waals surface area contributed by atoms with Crippen molar-refractivity contribution in [1.82, 2.24) is 0 Å². The number of hydrogen-bond donors (Lipinski definition) is 0. The second kappa shape index (κ2) is 51.4. The van der Waals surface area contributed by atoms with E-state index in [0.717, 1.165) is 63.7 Å². The molecule has 0 unspecified atom stereocenters. The minimum Gasteiger partial charge on any atom is -0.462 e. The first-order valence-electron chi connectivity index (χ1n) is 28.4. The van der Waals surface area contributed by atoms with Gasteiger partial charge >= 0.3 is 17.9 Å². The lowest BCUT2D eigenvalue weighted by Crippen LogP contribution is -2.30. The lowest BCUT2D eigenvalue weighted by atomic mass is 10.0. The zero-order valence-corrected chi connectivity index (χ0v) is 43.0. The zero-order chi connectivity index (χ0) is 45.9. The Balaban J connectivity index is 4.26. The summed E-state index contributed by atoms with van der Waals surface area (Å²) in [6.07, 6.45) is 55.2. The molecular weight excluding hydrogens is 781 g/mol. The van der Waals surface area contributed by atoms with Gasteiger partial charge in [0.15, 0.2) is 6.10 Å². The van der Waals surface area contributed by atoms with Crippen LogP contribution in [0.2, 0.25) is 0 Å². The molecule has 0 bridgehead atoms. The van der Waals surface area contributed by atoms with Crippen LogP contribution in [-0.2, 0) is 28.6 Å². The molecule has 0 spiro atoms. The van der Waals surface area contributed by atoms with E-state index in [-0.39, 0.29) is 31.1 Å². The predicted molar refractivity (Wildman–Crippen MR) is 270 cm³/mol. The van der Waals surface area contributed by atoms with Crippen LogP contribution in [0, 0.1) is 5.92 Å². The van der Waals surface area contributed by atoms with Gasteiger partial charge in [-0.3, -0.25) is 14.4 Å². The Hall–Kier alpha value is -1.59. The average molecular weight is 892 g/mol. The Kier molecular flexibility index (Phi) is 50.1. The first-order chi connectivity index (χ1) is 30.9. The maximum absolute atomic E-state index is 12.8. The maximum atomic E-state index is 12.8. The largest absolute Gasteiger partial charge is 0.462 e. The third-order valence-corrected chi connectivity index (χ3v) is 13.0. The van der Waals surface area contributed by atoms with Gasteiger partial charge in [-0.15, -0.1) is 0 Å². The van der Waals surface area contributed by atoms with Crippen LogP contribution in [0.3, 0.4) is 0 Å². The summed E-state index contributed by atoms with van der Waals surface area (Å²) in [6, 6.07) is 0. The van der Waals surface area contributed by atoms with Gasteiger partial charge in [-0.1, -0.05) is 285 Å². The summed E-state index contributed by atoms with van der Waals surface area (Å²) in [6.45, 7) is 9.06. The third-order valence-electron chi connectivity index (χ3n) is 13.0. The Bertz CT molecular complexity index is 949. The molecule has 0 radical (unpaired) electrons. The van der Waals surface area contributed by atoms with Crippen molar-refractivity contribution in [3.63, 3.8) is 0 Å². The highest BCUT2D eigenvalue weighted by Crippen LogP contribution is 2.18. The molecule has 0 aliphatic rings. The molecule has 6 heteroatoms. The molecule has 0 fully saturated rings. The lowest BCUT2D eigenvalue weighted by molar-refractivity contribution is -0.167. The third kappa shape index (κ3) is 51.3. The highest BCUT2D eigenvalue weighted by atomic mass is 16.6. The van der Waals surface area contributed by atoms with Gasteiger partial charge in [-0.05, 0) is 25.2 Å². The first-order valence-corrected chi connectivity index (χ1v) is 28.4. The highest BCUT2D eigenvalue weighted by molar-refractivity contribution is 5.71. The molecular formula is C57H110O6. The van der Waals surface area contributed by atoms with Gasteiger partial charge in [0.05, 0.1) is 0 Å². The van der Waals surface area contributed by atoms with E-state index in [9.17, 15) is 14.4 Å². The standard InChI is InChI=1S/C57H110O6/c1-5-7-9-11-13-15-17-18-21-25-29-33-37-41-45-49-56(59)62-52-54(51-61-55(58)48-44-40-36-32-27-16-14-12-10-8-6-2)63-57(60)50-46-42-38-34-30-26-23-20-19-22-24-28-31-35-39-43-47-53(3)4/h53-54H,5-52H2,1-4H3/t54-/m1/s1. The minimum atomic E-state index is -0.761.